The van der Waals surface area contributed by atoms with Crippen molar-refractivity contribution in [3.63, 3.8) is 0 Å². The molecule has 1 atom stereocenters. The van der Waals surface area contributed by atoms with E-state index in [-0.39, 0.29) is 11.9 Å². The van der Waals surface area contributed by atoms with Gasteiger partial charge >= 0.3 is 0 Å². The number of benzene rings is 2. The first-order valence-electron chi connectivity index (χ1n) is 8.21. The lowest BCUT2D eigenvalue weighted by Crippen LogP contribution is -2.30. The molecule has 0 aliphatic carbocycles. The van der Waals surface area contributed by atoms with Gasteiger partial charge in [0.15, 0.2) is 0 Å². The second kappa shape index (κ2) is 9.75. The summed E-state index contributed by atoms with van der Waals surface area (Å²) in [6.45, 7) is 4.35. The van der Waals surface area contributed by atoms with E-state index < -0.39 is 0 Å². The predicted molar refractivity (Wildman–Crippen MR) is 104 cm³/mol. The Balaban J connectivity index is 1.87. The summed E-state index contributed by atoms with van der Waals surface area (Å²) < 4.78 is 0. The van der Waals surface area contributed by atoms with Crippen LogP contribution in [0.2, 0.25) is 5.02 Å². The van der Waals surface area contributed by atoms with Gasteiger partial charge in [-0.15, -0.1) is 11.8 Å². The SMILES string of the molecule is CC(C)C[C@@H](NC(=O)CSCc1ccccc1Cl)c1ccccc1. The maximum absolute atomic E-state index is 12.3. The zero-order valence-electron chi connectivity index (χ0n) is 14.2. The van der Waals surface area contributed by atoms with Gasteiger partial charge in [0, 0.05) is 10.8 Å². The van der Waals surface area contributed by atoms with E-state index in [1.54, 1.807) is 11.8 Å². The minimum Gasteiger partial charge on any atom is -0.349 e. The van der Waals surface area contributed by atoms with Crippen LogP contribution >= 0.6 is 23.4 Å². The van der Waals surface area contributed by atoms with Gasteiger partial charge in [0.2, 0.25) is 5.91 Å². The minimum atomic E-state index is 0.0691. The van der Waals surface area contributed by atoms with Crippen LogP contribution in [-0.2, 0) is 10.5 Å². The molecule has 0 saturated heterocycles. The molecule has 24 heavy (non-hydrogen) atoms. The zero-order chi connectivity index (χ0) is 17.4. The molecule has 0 unspecified atom stereocenters. The van der Waals surface area contributed by atoms with Crippen LogP contribution in [0.15, 0.2) is 54.6 Å². The van der Waals surface area contributed by atoms with Crippen molar-refractivity contribution in [3.8, 4) is 0 Å². The van der Waals surface area contributed by atoms with Crippen LogP contribution in [0.3, 0.4) is 0 Å². The van der Waals surface area contributed by atoms with E-state index in [2.05, 4.69) is 31.3 Å². The van der Waals surface area contributed by atoms with Crippen molar-refractivity contribution in [1.29, 1.82) is 0 Å². The zero-order valence-corrected chi connectivity index (χ0v) is 15.7. The largest absolute Gasteiger partial charge is 0.349 e. The van der Waals surface area contributed by atoms with Gasteiger partial charge in [0.05, 0.1) is 11.8 Å². The van der Waals surface area contributed by atoms with Crippen LogP contribution in [0.5, 0.6) is 0 Å². The molecule has 2 rings (SSSR count). The molecule has 0 aliphatic heterocycles. The fourth-order valence-electron chi connectivity index (χ4n) is 2.54. The molecule has 1 amide bonds. The van der Waals surface area contributed by atoms with Crippen molar-refractivity contribution in [3.05, 3.63) is 70.7 Å². The molecule has 0 heterocycles. The molecule has 0 spiro atoms. The van der Waals surface area contributed by atoms with E-state index in [4.69, 9.17) is 11.6 Å². The second-order valence-electron chi connectivity index (χ2n) is 6.24. The summed E-state index contributed by atoms with van der Waals surface area (Å²) in [7, 11) is 0. The molecule has 1 N–H and O–H groups in total. The molecule has 2 aromatic rings. The monoisotopic (exact) mass is 361 g/mol. The van der Waals surface area contributed by atoms with Gasteiger partial charge in [0.1, 0.15) is 0 Å². The van der Waals surface area contributed by atoms with E-state index in [9.17, 15) is 4.79 Å². The van der Waals surface area contributed by atoms with Gasteiger partial charge in [-0.1, -0.05) is 74.0 Å². The lowest BCUT2D eigenvalue weighted by molar-refractivity contribution is -0.119. The molecular weight excluding hydrogens is 338 g/mol. The fraction of sp³-hybridized carbons (Fsp3) is 0.350. The first kappa shape index (κ1) is 18.9. The van der Waals surface area contributed by atoms with E-state index in [0.717, 1.165) is 28.3 Å². The maximum Gasteiger partial charge on any atom is 0.230 e. The smallest absolute Gasteiger partial charge is 0.230 e. The second-order valence-corrected chi connectivity index (χ2v) is 7.64. The molecule has 0 fully saturated rings. The molecule has 0 bridgehead atoms. The lowest BCUT2D eigenvalue weighted by Gasteiger charge is -2.21. The van der Waals surface area contributed by atoms with Crippen LogP contribution in [0.25, 0.3) is 0 Å². The number of nitrogens with one attached hydrogen (secondary N) is 1. The van der Waals surface area contributed by atoms with E-state index in [1.807, 2.05) is 42.5 Å². The number of halogens is 1. The molecule has 128 valence electrons. The highest BCUT2D eigenvalue weighted by molar-refractivity contribution is 7.99. The van der Waals surface area contributed by atoms with Crippen molar-refractivity contribution in [2.45, 2.75) is 32.1 Å². The molecule has 0 aromatic heterocycles. The summed E-state index contributed by atoms with van der Waals surface area (Å²) in [6, 6.07) is 18.0. The maximum atomic E-state index is 12.3. The van der Waals surface area contributed by atoms with Crippen molar-refractivity contribution in [2.24, 2.45) is 5.92 Å². The van der Waals surface area contributed by atoms with Gasteiger partial charge < -0.3 is 5.32 Å². The highest BCUT2D eigenvalue weighted by Crippen LogP contribution is 2.23. The number of rotatable bonds is 8. The fourth-order valence-corrected chi connectivity index (χ4v) is 3.66. The van der Waals surface area contributed by atoms with Gasteiger partial charge in [-0.05, 0) is 29.5 Å². The van der Waals surface area contributed by atoms with Crippen molar-refractivity contribution in [1.82, 2.24) is 5.32 Å². The van der Waals surface area contributed by atoms with Crippen molar-refractivity contribution < 1.29 is 4.79 Å². The Morgan fingerprint density at radius 1 is 1.08 bits per heavy atom. The molecule has 2 nitrogen and oxygen atoms in total. The number of hydrogen-bond acceptors (Lipinski definition) is 2. The van der Waals surface area contributed by atoms with Crippen LogP contribution < -0.4 is 5.32 Å². The summed E-state index contributed by atoms with van der Waals surface area (Å²) in [5.74, 6) is 1.77. The van der Waals surface area contributed by atoms with Crippen LogP contribution in [-0.4, -0.2) is 11.7 Å². The Bertz CT molecular complexity index is 645. The topological polar surface area (TPSA) is 29.1 Å². The first-order valence-corrected chi connectivity index (χ1v) is 9.75. The lowest BCUT2D eigenvalue weighted by atomic mass is 9.97. The number of thioether (sulfide) groups is 1. The third-order valence-corrected chi connectivity index (χ3v) is 5.04. The quantitative estimate of drug-likeness (QED) is 0.674. The standard InChI is InChI=1S/C20H24ClNOS/c1-15(2)12-19(16-8-4-3-5-9-16)22-20(23)14-24-13-17-10-6-7-11-18(17)21/h3-11,15,19H,12-14H2,1-2H3,(H,22,23)/t19-/m1/s1. The number of hydrogen-bond donors (Lipinski definition) is 1. The number of carbonyl (C=O) groups excluding carboxylic acids is 1. The molecule has 0 saturated carbocycles. The molecule has 2 aromatic carbocycles. The average Bonchev–Trinajstić information content (AvgIpc) is 2.56. The summed E-state index contributed by atoms with van der Waals surface area (Å²) in [6.07, 6.45) is 0.935. The Morgan fingerprint density at radius 3 is 2.42 bits per heavy atom. The molecule has 0 radical (unpaired) electrons. The Hall–Kier alpha value is -1.45. The third-order valence-electron chi connectivity index (χ3n) is 3.69. The molecule has 0 aliphatic rings. The summed E-state index contributed by atoms with van der Waals surface area (Å²) in [5, 5.41) is 3.93. The molecular formula is C20H24ClNOS. The van der Waals surface area contributed by atoms with Gasteiger partial charge in [0.25, 0.3) is 0 Å². The van der Waals surface area contributed by atoms with E-state index >= 15 is 0 Å². The van der Waals surface area contributed by atoms with Crippen molar-refractivity contribution in [2.75, 3.05) is 5.75 Å². The first-order chi connectivity index (χ1) is 11.6. The van der Waals surface area contributed by atoms with E-state index in [1.165, 1.54) is 0 Å². The Kier molecular flexibility index (Phi) is 7.67. The van der Waals surface area contributed by atoms with Gasteiger partial charge in [-0.3, -0.25) is 4.79 Å². The van der Waals surface area contributed by atoms with Gasteiger partial charge in [-0.2, -0.15) is 0 Å². The number of carbonyl (C=O) groups is 1. The highest BCUT2D eigenvalue weighted by Gasteiger charge is 2.16. The summed E-state index contributed by atoms with van der Waals surface area (Å²) >= 11 is 7.74. The van der Waals surface area contributed by atoms with Crippen LogP contribution in [0.4, 0.5) is 0 Å². The normalized spacial score (nSPS) is 12.2. The Morgan fingerprint density at radius 2 is 1.75 bits per heavy atom. The molecule has 4 heteroatoms. The van der Waals surface area contributed by atoms with Gasteiger partial charge in [-0.25, -0.2) is 0 Å². The van der Waals surface area contributed by atoms with Crippen molar-refractivity contribution >= 4 is 29.3 Å². The minimum absolute atomic E-state index is 0.0691. The predicted octanol–water partition coefficient (Wildman–Crippen LogP) is 5.48. The highest BCUT2D eigenvalue weighted by atomic mass is 35.5. The van der Waals surface area contributed by atoms with E-state index in [0.29, 0.717) is 11.7 Å². The Labute approximate surface area is 154 Å². The van der Waals surface area contributed by atoms with Crippen LogP contribution in [0.1, 0.15) is 37.4 Å². The summed E-state index contributed by atoms with van der Waals surface area (Å²) in [4.78, 5) is 12.3. The van der Waals surface area contributed by atoms with Crippen LogP contribution in [0, 0.1) is 5.92 Å². The third kappa shape index (κ3) is 6.21. The average molecular weight is 362 g/mol. The number of amides is 1. The summed E-state index contributed by atoms with van der Waals surface area (Å²) in [5.41, 5.74) is 2.23.